The number of carbonyl (C=O) groups excluding carboxylic acids is 1. The minimum absolute atomic E-state index is 0.165. The van der Waals surface area contributed by atoms with Crippen LogP contribution in [0.4, 0.5) is 0 Å². The van der Waals surface area contributed by atoms with E-state index in [0.29, 0.717) is 12.8 Å². The quantitative estimate of drug-likeness (QED) is 0.776. The average Bonchev–Trinajstić information content (AvgIpc) is 2.45. The second-order valence-corrected chi connectivity index (χ2v) is 4.59. The predicted molar refractivity (Wildman–Crippen MR) is 77.0 cm³/mol. The number of carbonyl (C=O) groups is 1. The van der Waals surface area contributed by atoms with E-state index >= 15 is 0 Å². The van der Waals surface area contributed by atoms with E-state index in [2.05, 4.69) is 35.9 Å². The maximum Gasteiger partial charge on any atom is 0.305 e. The number of benzene rings is 2. The van der Waals surface area contributed by atoms with Crippen LogP contribution in [-0.2, 0) is 16.0 Å². The van der Waals surface area contributed by atoms with E-state index < -0.39 is 0 Å². The van der Waals surface area contributed by atoms with Gasteiger partial charge in [-0.15, -0.1) is 0 Å². The smallest absolute Gasteiger partial charge is 0.305 e. The standard InChI is InChI=1S/C17H18O2/c1-13-6-3-4-9-16(13)15-8-5-7-14(12-15)10-11-17(18)19-2/h3-9,12H,10-11H2,1-2H3. The van der Waals surface area contributed by atoms with Crippen molar-refractivity contribution < 1.29 is 9.53 Å². The number of hydrogen-bond acceptors (Lipinski definition) is 2. The SMILES string of the molecule is COC(=O)CCc1cccc(-c2ccccc2C)c1. The minimum Gasteiger partial charge on any atom is -0.469 e. The zero-order valence-electron chi connectivity index (χ0n) is 11.3. The monoisotopic (exact) mass is 254 g/mol. The Morgan fingerprint density at radius 1 is 1.11 bits per heavy atom. The summed E-state index contributed by atoms with van der Waals surface area (Å²) in [6, 6.07) is 16.6. The van der Waals surface area contributed by atoms with E-state index in [-0.39, 0.29) is 5.97 Å². The highest BCUT2D eigenvalue weighted by Gasteiger charge is 2.04. The molecule has 2 rings (SSSR count). The molecule has 2 aromatic carbocycles. The van der Waals surface area contributed by atoms with Crippen LogP contribution in [0.1, 0.15) is 17.5 Å². The van der Waals surface area contributed by atoms with Crippen LogP contribution in [0.2, 0.25) is 0 Å². The number of esters is 1. The highest BCUT2D eigenvalue weighted by atomic mass is 16.5. The zero-order valence-corrected chi connectivity index (χ0v) is 11.3. The summed E-state index contributed by atoms with van der Waals surface area (Å²) in [7, 11) is 1.42. The van der Waals surface area contributed by atoms with Crippen molar-refractivity contribution in [3.63, 3.8) is 0 Å². The van der Waals surface area contributed by atoms with E-state index in [1.165, 1.54) is 23.8 Å². The molecule has 0 amide bonds. The van der Waals surface area contributed by atoms with E-state index in [0.717, 1.165) is 5.56 Å². The molecule has 0 saturated heterocycles. The molecular formula is C17H18O2. The average molecular weight is 254 g/mol. The van der Waals surface area contributed by atoms with Crippen LogP contribution < -0.4 is 0 Å². The number of ether oxygens (including phenoxy) is 1. The fourth-order valence-corrected chi connectivity index (χ4v) is 2.14. The molecule has 0 saturated carbocycles. The summed E-state index contributed by atoms with van der Waals surface area (Å²) in [5, 5.41) is 0. The maximum absolute atomic E-state index is 11.2. The number of methoxy groups -OCH3 is 1. The van der Waals surface area contributed by atoms with Crippen LogP contribution in [-0.4, -0.2) is 13.1 Å². The minimum atomic E-state index is -0.165. The molecular weight excluding hydrogens is 236 g/mol. The van der Waals surface area contributed by atoms with Crippen molar-refractivity contribution in [2.24, 2.45) is 0 Å². The van der Waals surface area contributed by atoms with Gasteiger partial charge in [0.15, 0.2) is 0 Å². The summed E-state index contributed by atoms with van der Waals surface area (Å²) < 4.78 is 4.67. The van der Waals surface area contributed by atoms with Crippen LogP contribution in [0.5, 0.6) is 0 Å². The molecule has 2 aromatic rings. The Morgan fingerprint density at radius 2 is 1.89 bits per heavy atom. The molecule has 0 aromatic heterocycles. The third-order valence-corrected chi connectivity index (χ3v) is 3.23. The Bertz CT molecular complexity index is 573. The second-order valence-electron chi connectivity index (χ2n) is 4.59. The molecule has 0 unspecified atom stereocenters. The third kappa shape index (κ3) is 3.44. The molecule has 98 valence electrons. The van der Waals surface area contributed by atoms with Gasteiger partial charge in [0.05, 0.1) is 7.11 Å². The largest absolute Gasteiger partial charge is 0.469 e. The second kappa shape index (κ2) is 6.19. The topological polar surface area (TPSA) is 26.3 Å². The predicted octanol–water partition coefficient (Wildman–Crippen LogP) is 3.77. The third-order valence-electron chi connectivity index (χ3n) is 3.23. The van der Waals surface area contributed by atoms with Crippen LogP contribution in [0, 0.1) is 6.92 Å². The molecule has 0 aliphatic carbocycles. The first-order valence-corrected chi connectivity index (χ1v) is 6.42. The van der Waals surface area contributed by atoms with Crippen molar-refractivity contribution >= 4 is 5.97 Å². The van der Waals surface area contributed by atoms with E-state index in [9.17, 15) is 4.79 Å². The molecule has 0 fully saturated rings. The Morgan fingerprint density at radius 3 is 2.63 bits per heavy atom. The fourth-order valence-electron chi connectivity index (χ4n) is 2.14. The van der Waals surface area contributed by atoms with Crippen molar-refractivity contribution in [1.82, 2.24) is 0 Å². The Kier molecular flexibility index (Phi) is 4.35. The molecule has 2 heteroatoms. The van der Waals surface area contributed by atoms with Crippen LogP contribution in [0.3, 0.4) is 0 Å². The van der Waals surface area contributed by atoms with Crippen LogP contribution in [0.25, 0.3) is 11.1 Å². The number of aryl methyl sites for hydroxylation is 2. The molecule has 0 spiro atoms. The lowest BCUT2D eigenvalue weighted by Crippen LogP contribution is -2.01. The fraction of sp³-hybridized carbons (Fsp3) is 0.235. The van der Waals surface area contributed by atoms with Crippen LogP contribution in [0.15, 0.2) is 48.5 Å². The van der Waals surface area contributed by atoms with E-state index in [4.69, 9.17) is 0 Å². The van der Waals surface area contributed by atoms with Gasteiger partial charge in [-0.05, 0) is 35.6 Å². The van der Waals surface area contributed by atoms with E-state index in [1.54, 1.807) is 0 Å². The summed E-state index contributed by atoms with van der Waals surface area (Å²) in [5.74, 6) is -0.165. The van der Waals surface area contributed by atoms with Gasteiger partial charge in [-0.3, -0.25) is 4.79 Å². The van der Waals surface area contributed by atoms with Gasteiger partial charge in [0.1, 0.15) is 0 Å². The Hall–Kier alpha value is -2.09. The summed E-state index contributed by atoms with van der Waals surface area (Å²) in [4.78, 5) is 11.2. The molecule has 0 heterocycles. The van der Waals surface area contributed by atoms with Crippen molar-refractivity contribution in [3.05, 3.63) is 59.7 Å². The zero-order chi connectivity index (χ0) is 13.7. The lowest BCUT2D eigenvalue weighted by Gasteiger charge is -2.08. The maximum atomic E-state index is 11.2. The summed E-state index contributed by atoms with van der Waals surface area (Å²) >= 11 is 0. The van der Waals surface area contributed by atoms with E-state index in [1.807, 2.05) is 24.3 Å². The van der Waals surface area contributed by atoms with Crippen LogP contribution >= 0.6 is 0 Å². The molecule has 0 bridgehead atoms. The summed E-state index contributed by atoms with van der Waals surface area (Å²) in [6.45, 7) is 2.11. The molecule has 0 N–H and O–H groups in total. The van der Waals surface area contributed by atoms with Crippen molar-refractivity contribution in [3.8, 4) is 11.1 Å². The summed E-state index contributed by atoms with van der Waals surface area (Å²) in [5.41, 5.74) is 4.85. The Balaban J connectivity index is 2.20. The van der Waals surface area contributed by atoms with Gasteiger partial charge in [0, 0.05) is 6.42 Å². The first kappa shape index (κ1) is 13.3. The van der Waals surface area contributed by atoms with Gasteiger partial charge >= 0.3 is 5.97 Å². The molecule has 0 radical (unpaired) electrons. The van der Waals surface area contributed by atoms with Gasteiger partial charge < -0.3 is 4.74 Å². The van der Waals surface area contributed by atoms with Gasteiger partial charge in [-0.2, -0.15) is 0 Å². The molecule has 0 aliphatic heterocycles. The number of rotatable bonds is 4. The molecule has 0 atom stereocenters. The lowest BCUT2D eigenvalue weighted by atomic mass is 9.98. The van der Waals surface area contributed by atoms with Gasteiger partial charge in [0.2, 0.25) is 0 Å². The van der Waals surface area contributed by atoms with Crippen molar-refractivity contribution in [2.75, 3.05) is 7.11 Å². The lowest BCUT2D eigenvalue weighted by molar-refractivity contribution is -0.140. The highest BCUT2D eigenvalue weighted by molar-refractivity contribution is 5.70. The van der Waals surface area contributed by atoms with Gasteiger partial charge in [-0.1, -0.05) is 48.5 Å². The van der Waals surface area contributed by atoms with Crippen molar-refractivity contribution in [2.45, 2.75) is 19.8 Å². The molecule has 19 heavy (non-hydrogen) atoms. The van der Waals surface area contributed by atoms with Gasteiger partial charge in [-0.25, -0.2) is 0 Å². The highest BCUT2D eigenvalue weighted by Crippen LogP contribution is 2.24. The first-order chi connectivity index (χ1) is 9.20. The molecule has 0 aliphatic rings. The Labute approximate surface area is 114 Å². The first-order valence-electron chi connectivity index (χ1n) is 6.42. The molecule has 2 nitrogen and oxygen atoms in total. The van der Waals surface area contributed by atoms with Crippen molar-refractivity contribution in [1.29, 1.82) is 0 Å². The number of hydrogen-bond donors (Lipinski definition) is 0. The normalized spacial score (nSPS) is 10.2. The summed E-state index contributed by atoms with van der Waals surface area (Å²) in [6.07, 6.45) is 1.14. The van der Waals surface area contributed by atoms with Gasteiger partial charge in [0.25, 0.3) is 0 Å².